The highest BCUT2D eigenvalue weighted by atomic mass is 35.5. The number of benzene rings is 1. The predicted molar refractivity (Wildman–Crippen MR) is 88.7 cm³/mol. The van der Waals surface area contributed by atoms with Gasteiger partial charge in [0.15, 0.2) is 5.78 Å². The molecule has 0 atom stereocenters. The second-order valence-electron chi connectivity index (χ2n) is 7.46. The van der Waals surface area contributed by atoms with Crippen LogP contribution in [0.15, 0.2) is 35.6 Å². The summed E-state index contributed by atoms with van der Waals surface area (Å²) in [5.74, 6) is 0.141. The van der Waals surface area contributed by atoms with E-state index in [2.05, 4.69) is 0 Å². The lowest BCUT2D eigenvalue weighted by Gasteiger charge is -2.25. The Balaban J connectivity index is 3.27. The molecule has 0 fully saturated rings. The number of rotatable bonds is 3. The first-order chi connectivity index (χ1) is 9.43. The fourth-order valence-corrected chi connectivity index (χ4v) is 2.11. The van der Waals surface area contributed by atoms with Gasteiger partial charge in [0.2, 0.25) is 0 Å². The number of ketones is 1. The number of allylic oxidation sites excluding steroid dienone is 2. The average molecular weight is 309 g/mol. The summed E-state index contributed by atoms with van der Waals surface area (Å²) >= 11 is 5.89. The molecule has 0 aliphatic heterocycles. The van der Waals surface area contributed by atoms with Crippen LogP contribution in [0.1, 0.15) is 47.1 Å². The highest BCUT2D eigenvalue weighted by Crippen LogP contribution is 2.32. The molecule has 1 N–H and O–H groups in total. The van der Waals surface area contributed by atoms with Gasteiger partial charge < -0.3 is 5.11 Å². The molecule has 0 heterocycles. The first kappa shape index (κ1) is 17.8. The standard InChI is InChI=1S/C18H25ClO2/c1-17(2,3)15(20)14(16(21)18(4,5)6)11-12-7-9-13(19)10-8-12/h7-10,20H,11H2,1-6H3/b15-14+. The van der Waals surface area contributed by atoms with Crippen molar-refractivity contribution in [3.8, 4) is 0 Å². The first-order valence-electron chi connectivity index (χ1n) is 7.15. The van der Waals surface area contributed by atoms with E-state index in [1.165, 1.54) is 0 Å². The molecule has 1 rings (SSSR count). The van der Waals surface area contributed by atoms with E-state index in [4.69, 9.17) is 11.6 Å². The summed E-state index contributed by atoms with van der Waals surface area (Å²) in [7, 11) is 0. The zero-order valence-electron chi connectivity index (χ0n) is 13.7. The molecule has 0 saturated heterocycles. The summed E-state index contributed by atoms with van der Waals surface area (Å²) in [6.45, 7) is 11.3. The number of aliphatic hydroxyl groups excluding tert-OH is 1. The molecule has 0 saturated carbocycles. The number of hydrogen-bond acceptors (Lipinski definition) is 2. The lowest BCUT2D eigenvalue weighted by molar-refractivity contribution is -0.122. The van der Waals surface area contributed by atoms with Gasteiger partial charge in [0.25, 0.3) is 0 Å². The summed E-state index contributed by atoms with van der Waals surface area (Å²) in [5, 5.41) is 11.2. The van der Waals surface area contributed by atoms with E-state index in [0.29, 0.717) is 17.0 Å². The van der Waals surface area contributed by atoms with Crippen LogP contribution in [0.2, 0.25) is 5.02 Å². The third-order valence-electron chi connectivity index (χ3n) is 3.25. The van der Waals surface area contributed by atoms with Gasteiger partial charge in [-0.25, -0.2) is 0 Å². The van der Waals surface area contributed by atoms with Crippen molar-refractivity contribution in [3.05, 3.63) is 46.2 Å². The fraction of sp³-hybridized carbons (Fsp3) is 0.500. The summed E-state index contributed by atoms with van der Waals surface area (Å²) in [6.07, 6.45) is 0.413. The molecule has 1 aromatic rings. The zero-order chi connectivity index (χ0) is 16.4. The molecule has 0 aliphatic rings. The van der Waals surface area contributed by atoms with Crippen molar-refractivity contribution in [2.45, 2.75) is 48.0 Å². The number of halogens is 1. The van der Waals surface area contributed by atoms with E-state index in [-0.39, 0.29) is 11.5 Å². The Labute approximate surface area is 132 Å². The molecule has 116 valence electrons. The minimum absolute atomic E-state index is 0.0233. The van der Waals surface area contributed by atoms with Gasteiger partial charge in [0, 0.05) is 27.8 Å². The fourth-order valence-electron chi connectivity index (χ4n) is 1.98. The molecular weight excluding hydrogens is 284 g/mol. The largest absolute Gasteiger partial charge is 0.511 e. The SMILES string of the molecule is CC(C)(C)C(=O)/C(Cc1ccc(Cl)cc1)=C(/O)C(C)(C)C. The van der Waals surface area contributed by atoms with Gasteiger partial charge >= 0.3 is 0 Å². The third-order valence-corrected chi connectivity index (χ3v) is 3.50. The number of aliphatic hydroxyl groups is 1. The second-order valence-corrected chi connectivity index (χ2v) is 7.90. The maximum absolute atomic E-state index is 12.7. The first-order valence-corrected chi connectivity index (χ1v) is 7.52. The van der Waals surface area contributed by atoms with Crippen LogP contribution in [0.3, 0.4) is 0 Å². The van der Waals surface area contributed by atoms with Crippen LogP contribution in [-0.2, 0) is 11.2 Å². The molecule has 0 unspecified atom stereocenters. The van der Waals surface area contributed by atoms with E-state index in [0.717, 1.165) is 5.56 Å². The van der Waals surface area contributed by atoms with E-state index in [1.807, 2.05) is 53.7 Å². The monoisotopic (exact) mass is 308 g/mol. The number of hydrogen-bond donors (Lipinski definition) is 1. The molecule has 1 aromatic carbocycles. The van der Waals surface area contributed by atoms with Crippen molar-refractivity contribution < 1.29 is 9.90 Å². The molecule has 0 radical (unpaired) electrons. The topological polar surface area (TPSA) is 37.3 Å². The lowest BCUT2D eigenvalue weighted by Crippen LogP contribution is -2.27. The second kappa shape index (κ2) is 6.23. The van der Waals surface area contributed by atoms with E-state index in [1.54, 1.807) is 12.1 Å². The molecule has 3 heteroatoms. The van der Waals surface area contributed by atoms with Gasteiger partial charge in [0.05, 0.1) is 0 Å². The molecule has 0 bridgehead atoms. The molecular formula is C18H25ClO2. The normalized spacial score (nSPS) is 13.9. The summed E-state index contributed by atoms with van der Waals surface area (Å²) in [5.41, 5.74) is 0.462. The van der Waals surface area contributed by atoms with Crippen LogP contribution >= 0.6 is 11.6 Å². The Morgan fingerprint density at radius 1 is 1.00 bits per heavy atom. The van der Waals surface area contributed by atoms with Gasteiger partial charge in [-0.1, -0.05) is 65.3 Å². The molecule has 0 aromatic heterocycles. The Kier molecular flexibility index (Phi) is 5.27. The van der Waals surface area contributed by atoms with Gasteiger partial charge in [0.1, 0.15) is 5.76 Å². The summed E-state index contributed by atoms with van der Waals surface area (Å²) in [6, 6.07) is 7.36. The maximum atomic E-state index is 12.7. The minimum atomic E-state index is -0.527. The highest BCUT2D eigenvalue weighted by Gasteiger charge is 2.31. The van der Waals surface area contributed by atoms with Crippen molar-refractivity contribution in [2.24, 2.45) is 10.8 Å². The van der Waals surface area contributed by atoms with E-state index >= 15 is 0 Å². The average Bonchev–Trinajstić information content (AvgIpc) is 2.34. The van der Waals surface area contributed by atoms with Crippen LogP contribution in [-0.4, -0.2) is 10.9 Å². The van der Waals surface area contributed by atoms with E-state index in [9.17, 15) is 9.90 Å². The Hall–Kier alpha value is -1.28. The van der Waals surface area contributed by atoms with Crippen LogP contribution in [0.5, 0.6) is 0 Å². The van der Waals surface area contributed by atoms with E-state index < -0.39 is 10.8 Å². The van der Waals surface area contributed by atoms with Crippen LogP contribution in [0.25, 0.3) is 0 Å². The van der Waals surface area contributed by atoms with Gasteiger partial charge in [-0.3, -0.25) is 4.79 Å². The van der Waals surface area contributed by atoms with Crippen molar-refractivity contribution in [1.82, 2.24) is 0 Å². The molecule has 0 amide bonds. The summed E-state index contributed by atoms with van der Waals surface area (Å²) in [4.78, 5) is 12.7. The van der Waals surface area contributed by atoms with Crippen LogP contribution in [0, 0.1) is 10.8 Å². The highest BCUT2D eigenvalue weighted by molar-refractivity contribution is 6.30. The predicted octanol–water partition coefficient (Wildman–Crippen LogP) is 5.36. The lowest BCUT2D eigenvalue weighted by atomic mass is 9.79. The Bertz CT molecular complexity index is 540. The molecule has 21 heavy (non-hydrogen) atoms. The van der Waals surface area contributed by atoms with Crippen molar-refractivity contribution in [2.75, 3.05) is 0 Å². The number of carbonyl (C=O) groups excluding carboxylic acids is 1. The minimum Gasteiger partial charge on any atom is -0.511 e. The Morgan fingerprint density at radius 3 is 1.86 bits per heavy atom. The number of carbonyl (C=O) groups is 1. The zero-order valence-corrected chi connectivity index (χ0v) is 14.5. The smallest absolute Gasteiger partial charge is 0.167 e. The molecule has 0 spiro atoms. The van der Waals surface area contributed by atoms with Crippen molar-refractivity contribution in [3.63, 3.8) is 0 Å². The van der Waals surface area contributed by atoms with Gasteiger partial charge in [-0.2, -0.15) is 0 Å². The molecule has 2 nitrogen and oxygen atoms in total. The van der Waals surface area contributed by atoms with Crippen molar-refractivity contribution >= 4 is 17.4 Å². The third kappa shape index (κ3) is 4.89. The summed E-state index contributed by atoms with van der Waals surface area (Å²) < 4.78 is 0. The Morgan fingerprint density at radius 2 is 1.48 bits per heavy atom. The van der Waals surface area contributed by atoms with Crippen molar-refractivity contribution in [1.29, 1.82) is 0 Å². The van der Waals surface area contributed by atoms with Gasteiger partial charge in [-0.15, -0.1) is 0 Å². The molecule has 0 aliphatic carbocycles. The number of Topliss-reactive ketones (excluding diaryl/α,β-unsaturated/α-hetero) is 1. The van der Waals surface area contributed by atoms with Crippen LogP contribution < -0.4 is 0 Å². The van der Waals surface area contributed by atoms with Crippen LogP contribution in [0.4, 0.5) is 0 Å². The van der Waals surface area contributed by atoms with Gasteiger partial charge in [-0.05, 0) is 17.7 Å². The quantitative estimate of drug-likeness (QED) is 0.603. The maximum Gasteiger partial charge on any atom is 0.167 e.